The Morgan fingerprint density at radius 2 is 2.27 bits per heavy atom. The lowest BCUT2D eigenvalue weighted by Crippen LogP contribution is -2.20. The zero-order chi connectivity index (χ0) is 10.7. The Morgan fingerprint density at radius 3 is 2.93 bits per heavy atom. The Balaban J connectivity index is 1.98. The number of aromatic nitrogens is 1. The van der Waals surface area contributed by atoms with Gasteiger partial charge in [0.2, 0.25) is 0 Å². The molecule has 1 saturated heterocycles. The van der Waals surface area contributed by atoms with Crippen LogP contribution in [0.25, 0.3) is 0 Å². The molecule has 0 radical (unpaired) electrons. The van der Waals surface area contributed by atoms with E-state index in [1.54, 1.807) is 0 Å². The molecule has 0 aliphatic carbocycles. The maximum atomic E-state index is 5.76. The van der Waals surface area contributed by atoms with Crippen LogP contribution in [0.3, 0.4) is 0 Å². The Kier molecular flexibility index (Phi) is 3.60. The summed E-state index contributed by atoms with van der Waals surface area (Å²) in [5, 5.41) is 0. The highest BCUT2D eigenvalue weighted by Crippen LogP contribution is 2.17. The van der Waals surface area contributed by atoms with Crippen molar-refractivity contribution in [1.82, 2.24) is 9.88 Å². The van der Waals surface area contributed by atoms with Gasteiger partial charge >= 0.3 is 0 Å². The lowest BCUT2D eigenvalue weighted by molar-refractivity contribution is 0.316. The van der Waals surface area contributed by atoms with Gasteiger partial charge in [0.05, 0.1) is 17.3 Å². The van der Waals surface area contributed by atoms with Gasteiger partial charge < -0.3 is 0 Å². The molecule has 1 aromatic heterocycles. The quantitative estimate of drug-likeness (QED) is 0.734. The van der Waals surface area contributed by atoms with E-state index in [0.29, 0.717) is 5.88 Å². The molecule has 1 unspecified atom stereocenters. The molecule has 1 aromatic rings. The Labute approximate surface area is 96.3 Å². The van der Waals surface area contributed by atoms with E-state index < -0.39 is 0 Å². The van der Waals surface area contributed by atoms with E-state index >= 15 is 0 Å². The normalized spacial score (nSPS) is 22.1. The van der Waals surface area contributed by atoms with Crippen molar-refractivity contribution in [2.24, 2.45) is 5.92 Å². The molecule has 0 spiro atoms. The van der Waals surface area contributed by atoms with Crippen LogP contribution in [0, 0.1) is 5.92 Å². The molecular weight excluding hydrogens is 208 g/mol. The monoisotopic (exact) mass is 224 g/mol. The minimum absolute atomic E-state index is 0.504. The Morgan fingerprint density at radius 1 is 1.47 bits per heavy atom. The van der Waals surface area contributed by atoms with E-state index in [4.69, 9.17) is 11.6 Å². The maximum Gasteiger partial charge on any atom is 0.0647 e. The first-order valence-electron chi connectivity index (χ1n) is 5.51. The summed E-state index contributed by atoms with van der Waals surface area (Å²) in [6, 6.07) is 6.10. The fourth-order valence-corrected chi connectivity index (χ4v) is 2.24. The van der Waals surface area contributed by atoms with Crippen LogP contribution in [0.4, 0.5) is 0 Å². The first-order valence-corrected chi connectivity index (χ1v) is 6.04. The average molecular weight is 225 g/mol. The predicted molar refractivity (Wildman–Crippen MR) is 62.9 cm³/mol. The minimum atomic E-state index is 0.504. The molecule has 1 fully saturated rings. The molecule has 2 heterocycles. The molecule has 1 aliphatic rings. The summed E-state index contributed by atoms with van der Waals surface area (Å²) >= 11 is 5.76. The summed E-state index contributed by atoms with van der Waals surface area (Å²) in [6.07, 6.45) is 1.31. The van der Waals surface area contributed by atoms with Crippen molar-refractivity contribution >= 4 is 11.6 Å². The Bertz CT molecular complexity index is 327. The third-order valence-electron chi connectivity index (χ3n) is 2.89. The third-order valence-corrected chi connectivity index (χ3v) is 3.17. The van der Waals surface area contributed by atoms with Crippen LogP contribution in [-0.2, 0) is 12.4 Å². The van der Waals surface area contributed by atoms with Crippen molar-refractivity contribution in [3.8, 4) is 0 Å². The van der Waals surface area contributed by atoms with Crippen LogP contribution in [0.15, 0.2) is 18.2 Å². The third kappa shape index (κ3) is 2.93. The van der Waals surface area contributed by atoms with Gasteiger partial charge in [0.25, 0.3) is 0 Å². The molecule has 2 rings (SSSR count). The largest absolute Gasteiger partial charge is 0.297 e. The van der Waals surface area contributed by atoms with Crippen LogP contribution in [0.5, 0.6) is 0 Å². The van der Waals surface area contributed by atoms with Gasteiger partial charge in [-0.1, -0.05) is 13.0 Å². The second-order valence-corrected chi connectivity index (χ2v) is 4.65. The number of alkyl halides is 1. The first kappa shape index (κ1) is 10.9. The molecule has 15 heavy (non-hydrogen) atoms. The van der Waals surface area contributed by atoms with Gasteiger partial charge in [-0.3, -0.25) is 9.88 Å². The van der Waals surface area contributed by atoms with E-state index in [1.165, 1.54) is 19.5 Å². The van der Waals surface area contributed by atoms with Crippen LogP contribution in [0.2, 0.25) is 0 Å². The summed E-state index contributed by atoms with van der Waals surface area (Å²) in [6.45, 7) is 5.68. The number of halogens is 1. The maximum absolute atomic E-state index is 5.76. The molecule has 3 heteroatoms. The van der Waals surface area contributed by atoms with Gasteiger partial charge in [0.1, 0.15) is 0 Å². The van der Waals surface area contributed by atoms with Crippen molar-refractivity contribution in [2.75, 3.05) is 13.1 Å². The molecular formula is C12H17ClN2. The molecule has 1 atom stereocenters. The number of rotatable bonds is 3. The summed E-state index contributed by atoms with van der Waals surface area (Å²) < 4.78 is 0. The van der Waals surface area contributed by atoms with E-state index in [-0.39, 0.29) is 0 Å². The van der Waals surface area contributed by atoms with E-state index in [9.17, 15) is 0 Å². The number of likely N-dealkylation sites (tertiary alicyclic amines) is 1. The zero-order valence-electron chi connectivity index (χ0n) is 9.12. The molecule has 0 bridgehead atoms. The van der Waals surface area contributed by atoms with Gasteiger partial charge in [0, 0.05) is 13.1 Å². The van der Waals surface area contributed by atoms with Gasteiger partial charge in [-0.15, -0.1) is 11.6 Å². The van der Waals surface area contributed by atoms with Crippen molar-refractivity contribution in [2.45, 2.75) is 25.8 Å². The number of pyridine rings is 1. The fourth-order valence-electron chi connectivity index (χ4n) is 2.09. The topological polar surface area (TPSA) is 16.1 Å². The lowest BCUT2D eigenvalue weighted by atomic mass is 10.2. The average Bonchev–Trinajstić information content (AvgIpc) is 2.64. The molecule has 82 valence electrons. The van der Waals surface area contributed by atoms with E-state index in [2.05, 4.69) is 22.9 Å². The molecule has 0 aromatic carbocycles. The smallest absolute Gasteiger partial charge is 0.0647 e. The standard InChI is InChI=1S/C12H17ClN2/c1-10-5-6-15(8-10)9-12-4-2-3-11(7-13)14-12/h2-4,10H,5-9H2,1H3. The summed E-state index contributed by atoms with van der Waals surface area (Å²) in [4.78, 5) is 6.97. The van der Waals surface area contributed by atoms with Crippen molar-refractivity contribution in [3.05, 3.63) is 29.6 Å². The SMILES string of the molecule is CC1CCN(Cc2cccc(CCl)n2)C1. The zero-order valence-corrected chi connectivity index (χ0v) is 9.87. The van der Waals surface area contributed by atoms with Gasteiger partial charge in [-0.2, -0.15) is 0 Å². The number of hydrogen-bond donors (Lipinski definition) is 0. The Hall–Kier alpha value is -0.600. The van der Waals surface area contributed by atoms with Crippen molar-refractivity contribution < 1.29 is 0 Å². The lowest BCUT2D eigenvalue weighted by Gasteiger charge is -2.14. The molecule has 1 aliphatic heterocycles. The second kappa shape index (κ2) is 4.95. The minimum Gasteiger partial charge on any atom is -0.297 e. The first-order chi connectivity index (χ1) is 7.28. The summed E-state index contributed by atoms with van der Waals surface area (Å²) in [5.74, 6) is 1.34. The van der Waals surface area contributed by atoms with Gasteiger partial charge in [0.15, 0.2) is 0 Å². The van der Waals surface area contributed by atoms with Crippen molar-refractivity contribution in [1.29, 1.82) is 0 Å². The van der Waals surface area contributed by atoms with Crippen LogP contribution in [0.1, 0.15) is 24.7 Å². The van der Waals surface area contributed by atoms with E-state index in [1.807, 2.05) is 12.1 Å². The van der Waals surface area contributed by atoms with Gasteiger partial charge in [-0.05, 0) is 31.0 Å². The van der Waals surface area contributed by atoms with Crippen LogP contribution >= 0.6 is 11.6 Å². The highest BCUT2D eigenvalue weighted by Gasteiger charge is 2.18. The molecule has 0 N–H and O–H groups in total. The highest BCUT2D eigenvalue weighted by atomic mass is 35.5. The summed E-state index contributed by atoms with van der Waals surface area (Å²) in [5.41, 5.74) is 2.11. The number of nitrogens with zero attached hydrogens (tertiary/aromatic N) is 2. The van der Waals surface area contributed by atoms with Gasteiger partial charge in [-0.25, -0.2) is 0 Å². The number of hydrogen-bond acceptors (Lipinski definition) is 2. The second-order valence-electron chi connectivity index (χ2n) is 4.38. The fraction of sp³-hybridized carbons (Fsp3) is 0.583. The molecule has 2 nitrogen and oxygen atoms in total. The highest BCUT2D eigenvalue weighted by molar-refractivity contribution is 6.16. The van der Waals surface area contributed by atoms with Crippen LogP contribution in [-0.4, -0.2) is 23.0 Å². The summed E-state index contributed by atoms with van der Waals surface area (Å²) in [7, 11) is 0. The van der Waals surface area contributed by atoms with Crippen molar-refractivity contribution in [3.63, 3.8) is 0 Å². The van der Waals surface area contributed by atoms with E-state index in [0.717, 1.165) is 23.9 Å². The molecule has 0 saturated carbocycles. The predicted octanol–water partition coefficient (Wildman–Crippen LogP) is 2.66. The van der Waals surface area contributed by atoms with Crippen LogP contribution < -0.4 is 0 Å². The molecule has 0 amide bonds.